The first-order valence-corrected chi connectivity index (χ1v) is 8.39. The predicted molar refractivity (Wildman–Crippen MR) is 94.2 cm³/mol. The van der Waals surface area contributed by atoms with Gasteiger partial charge in [-0.3, -0.25) is 9.89 Å². The molecule has 4 heteroatoms. The van der Waals surface area contributed by atoms with Crippen molar-refractivity contribution in [1.29, 1.82) is 0 Å². The highest BCUT2D eigenvalue weighted by Gasteiger charge is 2.30. The van der Waals surface area contributed by atoms with Crippen molar-refractivity contribution in [3.05, 3.63) is 35.9 Å². The Morgan fingerprint density at radius 3 is 2.45 bits per heavy atom. The van der Waals surface area contributed by atoms with Crippen LogP contribution in [0.25, 0.3) is 0 Å². The minimum Gasteiger partial charge on any atom is -0.355 e. The number of guanidine groups is 1. The molecule has 122 valence electrons. The molecule has 1 aromatic rings. The summed E-state index contributed by atoms with van der Waals surface area (Å²) in [5, 5.41) is 6.89. The molecule has 0 spiro atoms. The van der Waals surface area contributed by atoms with Crippen LogP contribution in [0.5, 0.6) is 0 Å². The summed E-state index contributed by atoms with van der Waals surface area (Å²) in [6.07, 6.45) is 2.71. The van der Waals surface area contributed by atoms with Crippen molar-refractivity contribution in [2.24, 2.45) is 4.99 Å². The smallest absolute Gasteiger partial charge is 0.191 e. The Balaban J connectivity index is 1.77. The van der Waals surface area contributed by atoms with E-state index in [9.17, 15) is 0 Å². The monoisotopic (exact) mass is 302 g/mol. The first-order chi connectivity index (χ1) is 10.6. The summed E-state index contributed by atoms with van der Waals surface area (Å²) < 4.78 is 0. The van der Waals surface area contributed by atoms with Crippen molar-refractivity contribution in [2.75, 3.05) is 20.1 Å². The fourth-order valence-corrected chi connectivity index (χ4v) is 2.80. The molecule has 1 aliphatic carbocycles. The van der Waals surface area contributed by atoms with Gasteiger partial charge in [0.2, 0.25) is 0 Å². The number of hydrogen-bond acceptors (Lipinski definition) is 2. The third-order valence-electron chi connectivity index (χ3n) is 4.22. The molecular formula is C18H30N4. The van der Waals surface area contributed by atoms with E-state index in [1.165, 1.54) is 18.4 Å². The van der Waals surface area contributed by atoms with Gasteiger partial charge >= 0.3 is 0 Å². The first kappa shape index (κ1) is 16.8. The van der Waals surface area contributed by atoms with Gasteiger partial charge in [0.15, 0.2) is 5.96 Å². The molecule has 0 aliphatic heterocycles. The molecule has 2 rings (SSSR count). The molecule has 2 N–H and O–H groups in total. The Morgan fingerprint density at radius 2 is 1.91 bits per heavy atom. The van der Waals surface area contributed by atoms with Gasteiger partial charge in [-0.25, -0.2) is 0 Å². The zero-order valence-electron chi connectivity index (χ0n) is 14.3. The summed E-state index contributed by atoms with van der Waals surface area (Å²) in [5.41, 5.74) is 1.27. The fourth-order valence-electron chi connectivity index (χ4n) is 2.80. The average molecular weight is 302 g/mol. The second kappa shape index (κ2) is 8.18. The van der Waals surface area contributed by atoms with Gasteiger partial charge in [-0.15, -0.1) is 0 Å². The van der Waals surface area contributed by atoms with Gasteiger partial charge in [0.25, 0.3) is 0 Å². The summed E-state index contributed by atoms with van der Waals surface area (Å²) in [6, 6.07) is 12.1. The number of nitrogens with zero attached hydrogens (tertiary/aromatic N) is 2. The van der Waals surface area contributed by atoms with Gasteiger partial charge in [0, 0.05) is 32.2 Å². The topological polar surface area (TPSA) is 39.7 Å². The van der Waals surface area contributed by atoms with Crippen LogP contribution in [0.15, 0.2) is 35.3 Å². The number of rotatable bonds is 7. The van der Waals surface area contributed by atoms with Crippen molar-refractivity contribution in [3.8, 4) is 0 Å². The summed E-state index contributed by atoms with van der Waals surface area (Å²) in [5.74, 6) is 0.871. The summed E-state index contributed by atoms with van der Waals surface area (Å²) in [6.45, 7) is 8.72. The molecule has 1 saturated carbocycles. The van der Waals surface area contributed by atoms with Crippen LogP contribution >= 0.6 is 0 Å². The lowest BCUT2D eigenvalue weighted by Gasteiger charge is -2.27. The molecule has 1 aliphatic rings. The quantitative estimate of drug-likeness (QED) is 0.601. The molecule has 4 nitrogen and oxygen atoms in total. The molecule has 1 fully saturated rings. The molecular weight excluding hydrogens is 272 g/mol. The maximum absolute atomic E-state index is 4.33. The van der Waals surface area contributed by atoms with E-state index in [2.05, 4.69) is 65.6 Å². The second-order valence-electron chi connectivity index (χ2n) is 6.34. The molecule has 0 saturated heterocycles. The Bertz CT molecular complexity index is 463. The van der Waals surface area contributed by atoms with Crippen LogP contribution in [0.2, 0.25) is 0 Å². The van der Waals surface area contributed by atoms with E-state index in [1.807, 2.05) is 13.1 Å². The standard InChI is InChI=1S/C18H30N4/c1-14(2)22(17-10-11-17)13-12-20-18(19-4)21-15(3)16-8-6-5-7-9-16/h5-9,14-15,17H,10-13H2,1-4H3,(H2,19,20,21). The normalized spacial score (nSPS) is 16.9. The van der Waals surface area contributed by atoms with E-state index in [4.69, 9.17) is 0 Å². The molecule has 0 bridgehead atoms. The van der Waals surface area contributed by atoms with Crippen LogP contribution in [0.4, 0.5) is 0 Å². The van der Waals surface area contributed by atoms with Gasteiger partial charge < -0.3 is 10.6 Å². The molecule has 0 aromatic heterocycles. The molecule has 0 amide bonds. The lowest BCUT2D eigenvalue weighted by molar-refractivity contribution is 0.215. The Morgan fingerprint density at radius 1 is 1.23 bits per heavy atom. The maximum atomic E-state index is 4.33. The van der Waals surface area contributed by atoms with Crippen LogP contribution in [-0.2, 0) is 0 Å². The minimum absolute atomic E-state index is 0.247. The van der Waals surface area contributed by atoms with Crippen LogP contribution in [-0.4, -0.2) is 43.1 Å². The predicted octanol–water partition coefficient (Wildman–Crippen LogP) is 2.79. The zero-order valence-corrected chi connectivity index (χ0v) is 14.3. The van der Waals surface area contributed by atoms with Crippen molar-refractivity contribution in [2.45, 2.75) is 51.7 Å². The largest absolute Gasteiger partial charge is 0.355 e. The summed E-state index contributed by atoms with van der Waals surface area (Å²) in [7, 11) is 1.83. The fraction of sp³-hybridized carbons (Fsp3) is 0.611. The summed E-state index contributed by atoms with van der Waals surface area (Å²) >= 11 is 0. The van der Waals surface area contributed by atoms with Crippen molar-refractivity contribution in [3.63, 3.8) is 0 Å². The van der Waals surface area contributed by atoms with E-state index < -0.39 is 0 Å². The highest BCUT2D eigenvalue weighted by Crippen LogP contribution is 2.27. The molecule has 0 heterocycles. The van der Waals surface area contributed by atoms with Crippen LogP contribution in [0.3, 0.4) is 0 Å². The molecule has 22 heavy (non-hydrogen) atoms. The third-order valence-corrected chi connectivity index (χ3v) is 4.22. The van der Waals surface area contributed by atoms with Crippen LogP contribution in [0.1, 0.15) is 45.2 Å². The zero-order chi connectivity index (χ0) is 15.9. The maximum Gasteiger partial charge on any atom is 0.191 e. The highest BCUT2D eigenvalue weighted by atomic mass is 15.2. The lowest BCUT2D eigenvalue weighted by atomic mass is 10.1. The number of benzene rings is 1. The Labute approximate surface area is 135 Å². The average Bonchev–Trinajstić information content (AvgIpc) is 3.35. The van der Waals surface area contributed by atoms with E-state index in [1.54, 1.807) is 0 Å². The van der Waals surface area contributed by atoms with Crippen molar-refractivity contribution < 1.29 is 0 Å². The van der Waals surface area contributed by atoms with E-state index in [0.717, 1.165) is 25.1 Å². The van der Waals surface area contributed by atoms with Gasteiger partial charge in [0.05, 0.1) is 6.04 Å². The van der Waals surface area contributed by atoms with Gasteiger partial charge in [-0.05, 0) is 39.2 Å². The number of aliphatic imine (C=N–C) groups is 1. The Kier molecular flexibility index (Phi) is 6.25. The number of hydrogen-bond donors (Lipinski definition) is 2. The SMILES string of the molecule is CN=C(NCCN(C(C)C)C1CC1)NC(C)c1ccccc1. The second-order valence-corrected chi connectivity index (χ2v) is 6.34. The molecule has 1 unspecified atom stereocenters. The Hall–Kier alpha value is -1.55. The van der Waals surface area contributed by atoms with Gasteiger partial charge in [0.1, 0.15) is 0 Å². The minimum atomic E-state index is 0.247. The molecule has 1 atom stereocenters. The van der Waals surface area contributed by atoms with Crippen LogP contribution in [0, 0.1) is 0 Å². The lowest BCUT2D eigenvalue weighted by Crippen LogP contribution is -2.44. The van der Waals surface area contributed by atoms with E-state index in [-0.39, 0.29) is 6.04 Å². The van der Waals surface area contributed by atoms with E-state index >= 15 is 0 Å². The molecule has 1 aromatic carbocycles. The van der Waals surface area contributed by atoms with Crippen molar-refractivity contribution in [1.82, 2.24) is 15.5 Å². The first-order valence-electron chi connectivity index (χ1n) is 8.39. The van der Waals surface area contributed by atoms with E-state index in [0.29, 0.717) is 6.04 Å². The summed E-state index contributed by atoms with van der Waals surface area (Å²) in [4.78, 5) is 6.92. The van der Waals surface area contributed by atoms with Gasteiger partial charge in [-0.2, -0.15) is 0 Å². The van der Waals surface area contributed by atoms with Gasteiger partial charge in [-0.1, -0.05) is 30.3 Å². The highest BCUT2D eigenvalue weighted by molar-refractivity contribution is 5.80. The third kappa shape index (κ3) is 5.02. The van der Waals surface area contributed by atoms with Crippen molar-refractivity contribution >= 4 is 5.96 Å². The number of nitrogens with one attached hydrogen (secondary N) is 2. The van der Waals surface area contributed by atoms with Crippen LogP contribution < -0.4 is 10.6 Å². The molecule has 0 radical (unpaired) electrons.